The van der Waals surface area contributed by atoms with Crippen LogP contribution >= 0.6 is 0 Å². The largest absolute Gasteiger partial charge is 0.462 e. The van der Waals surface area contributed by atoms with E-state index in [2.05, 4.69) is 23.5 Å². The number of carbonyl (C=O) groups is 1. The van der Waals surface area contributed by atoms with Gasteiger partial charge in [-0.1, -0.05) is 26.8 Å². The number of allylic oxidation sites excluding steroid dienone is 1. The van der Waals surface area contributed by atoms with Crippen molar-refractivity contribution in [3.05, 3.63) is 42.3 Å². The van der Waals surface area contributed by atoms with E-state index in [-0.39, 0.29) is 23.9 Å². The molecule has 1 rings (SSSR count). The highest BCUT2D eigenvalue weighted by Crippen LogP contribution is 2.22. The normalized spacial score (nSPS) is 13.3. The Morgan fingerprint density at radius 3 is 2.57 bits per heavy atom. The zero-order chi connectivity index (χ0) is 15.8. The first-order valence-corrected chi connectivity index (χ1v) is 6.97. The molecule has 1 aromatic heterocycles. The van der Waals surface area contributed by atoms with Gasteiger partial charge in [0.15, 0.2) is 5.82 Å². The van der Waals surface area contributed by atoms with E-state index >= 15 is 0 Å². The first-order chi connectivity index (χ1) is 9.97. The second kappa shape index (κ2) is 8.29. The summed E-state index contributed by atoms with van der Waals surface area (Å²) in [5.74, 6) is -1.05. The van der Waals surface area contributed by atoms with Crippen LogP contribution in [0, 0.1) is 5.92 Å². The minimum absolute atomic E-state index is 0.204. The summed E-state index contributed by atoms with van der Waals surface area (Å²) in [5, 5.41) is 0. The molecule has 1 heterocycles. The Labute approximate surface area is 124 Å². The van der Waals surface area contributed by atoms with Gasteiger partial charge in [0.05, 0.1) is 6.61 Å². The Bertz CT molecular complexity index is 526. The van der Waals surface area contributed by atoms with Gasteiger partial charge in [0, 0.05) is 18.0 Å². The third kappa shape index (κ3) is 5.10. The Morgan fingerprint density at radius 2 is 2.05 bits per heavy atom. The molecule has 114 valence electrons. The zero-order valence-electron chi connectivity index (χ0n) is 12.7. The predicted octanol–water partition coefficient (Wildman–Crippen LogP) is 3.71. The van der Waals surface area contributed by atoms with Gasteiger partial charge in [-0.25, -0.2) is 19.2 Å². The van der Waals surface area contributed by atoms with Gasteiger partial charge in [0.2, 0.25) is 0 Å². The van der Waals surface area contributed by atoms with E-state index in [4.69, 9.17) is 4.74 Å². The summed E-state index contributed by atoms with van der Waals surface area (Å²) in [6.07, 6.45) is 5.01. The number of ether oxygens (including phenoxy) is 1. The number of hydrogen-bond donors (Lipinski definition) is 0. The van der Waals surface area contributed by atoms with Crippen molar-refractivity contribution in [1.82, 2.24) is 9.97 Å². The topological polar surface area (TPSA) is 52.1 Å². The average Bonchev–Trinajstić information content (AvgIpc) is 2.46. The number of carbonyl (C=O) groups excluding carboxylic acids is 1. The minimum atomic E-state index is -0.840. The lowest BCUT2D eigenvalue weighted by atomic mass is 10.1. The number of rotatable bonds is 7. The van der Waals surface area contributed by atoms with Crippen molar-refractivity contribution in [3.8, 4) is 0 Å². The summed E-state index contributed by atoms with van der Waals surface area (Å²) in [4.78, 5) is 20.1. The Morgan fingerprint density at radius 1 is 1.43 bits per heavy atom. The quantitative estimate of drug-likeness (QED) is 0.437. The van der Waals surface area contributed by atoms with Crippen LogP contribution in [0.5, 0.6) is 0 Å². The van der Waals surface area contributed by atoms with Crippen molar-refractivity contribution >= 4 is 11.5 Å². The van der Waals surface area contributed by atoms with E-state index in [0.29, 0.717) is 5.57 Å². The van der Waals surface area contributed by atoms with Crippen LogP contribution in [-0.2, 0) is 9.53 Å². The van der Waals surface area contributed by atoms with E-state index in [9.17, 15) is 9.18 Å². The van der Waals surface area contributed by atoms with Crippen LogP contribution in [0.1, 0.15) is 39.4 Å². The summed E-state index contributed by atoms with van der Waals surface area (Å²) >= 11 is 0. The van der Waals surface area contributed by atoms with Crippen molar-refractivity contribution in [2.24, 2.45) is 5.92 Å². The lowest BCUT2D eigenvalue weighted by molar-refractivity contribution is -0.140. The lowest BCUT2D eigenvalue weighted by Crippen LogP contribution is -2.15. The Hall–Kier alpha value is -2.04. The summed E-state index contributed by atoms with van der Waals surface area (Å²) in [6, 6.07) is 1.64. The molecule has 0 N–H and O–H groups in total. The maximum absolute atomic E-state index is 13.6. The number of hydrogen-bond acceptors (Lipinski definition) is 4. The molecule has 1 atom stereocenters. The van der Waals surface area contributed by atoms with Crippen LogP contribution in [0.25, 0.3) is 5.57 Å². The van der Waals surface area contributed by atoms with Crippen LogP contribution in [-0.4, -0.2) is 22.5 Å². The molecule has 0 saturated heterocycles. The molecule has 1 unspecified atom stereocenters. The van der Waals surface area contributed by atoms with Gasteiger partial charge in [0.1, 0.15) is 11.4 Å². The minimum Gasteiger partial charge on any atom is -0.462 e. The fraction of sp³-hybridized carbons (Fsp3) is 0.438. The van der Waals surface area contributed by atoms with Crippen molar-refractivity contribution in [3.63, 3.8) is 0 Å². The number of nitrogens with zero attached hydrogens (tertiary/aromatic N) is 2. The van der Waals surface area contributed by atoms with Gasteiger partial charge >= 0.3 is 5.97 Å². The molecule has 0 radical (unpaired) electrons. The highest BCUT2D eigenvalue weighted by Gasteiger charge is 2.21. The highest BCUT2D eigenvalue weighted by atomic mass is 19.1. The average molecular weight is 292 g/mol. The molecule has 0 aliphatic heterocycles. The van der Waals surface area contributed by atoms with E-state index in [0.717, 1.165) is 12.8 Å². The molecule has 0 bridgehead atoms. The van der Waals surface area contributed by atoms with Crippen LogP contribution in [0.15, 0.2) is 36.4 Å². The molecular formula is C16H21FN2O2. The van der Waals surface area contributed by atoms with E-state index < -0.39 is 11.8 Å². The van der Waals surface area contributed by atoms with Crippen LogP contribution < -0.4 is 0 Å². The standard InChI is InChI=1S/C16H21FN2O2/c1-5-7-11(2)10-21-16(20)14(13(4)17)12(3)15-18-8-6-9-19-15/h6,8-9,11H,4-5,7,10H2,1-3H3. The third-order valence-corrected chi connectivity index (χ3v) is 3.03. The maximum Gasteiger partial charge on any atom is 0.341 e. The van der Waals surface area contributed by atoms with Gasteiger partial charge in [-0.05, 0) is 25.3 Å². The first-order valence-electron chi connectivity index (χ1n) is 6.97. The first kappa shape index (κ1) is 17.0. The van der Waals surface area contributed by atoms with Crippen molar-refractivity contribution < 1.29 is 13.9 Å². The van der Waals surface area contributed by atoms with E-state index in [1.165, 1.54) is 12.4 Å². The van der Waals surface area contributed by atoms with Crippen molar-refractivity contribution in [1.29, 1.82) is 0 Å². The molecule has 0 aliphatic carbocycles. The predicted molar refractivity (Wildman–Crippen MR) is 79.9 cm³/mol. The van der Waals surface area contributed by atoms with E-state index in [1.807, 2.05) is 6.92 Å². The number of halogens is 1. The Kier molecular flexibility index (Phi) is 6.72. The molecule has 4 nitrogen and oxygen atoms in total. The molecule has 0 saturated carbocycles. The van der Waals surface area contributed by atoms with Gasteiger partial charge in [0.25, 0.3) is 0 Å². The highest BCUT2D eigenvalue weighted by molar-refractivity contribution is 6.00. The SMILES string of the molecule is C=C(F)C(C(=O)OCC(C)CCC)=C(C)c1ncccn1. The molecule has 21 heavy (non-hydrogen) atoms. The smallest absolute Gasteiger partial charge is 0.341 e. The fourth-order valence-electron chi connectivity index (χ4n) is 1.94. The lowest BCUT2D eigenvalue weighted by Gasteiger charge is -2.13. The van der Waals surface area contributed by atoms with E-state index in [1.54, 1.807) is 13.0 Å². The summed E-state index contributed by atoms with van der Waals surface area (Å²) in [7, 11) is 0. The summed E-state index contributed by atoms with van der Waals surface area (Å²) in [6.45, 7) is 9.08. The van der Waals surface area contributed by atoms with Crippen molar-refractivity contribution in [2.45, 2.75) is 33.6 Å². The fourth-order valence-corrected chi connectivity index (χ4v) is 1.94. The van der Waals surface area contributed by atoms with Gasteiger partial charge < -0.3 is 4.74 Å². The van der Waals surface area contributed by atoms with Gasteiger partial charge in [-0.2, -0.15) is 0 Å². The summed E-state index contributed by atoms with van der Waals surface area (Å²) < 4.78 is 18.8. The molecule has 0 amide bonds. The molecular weight excluding hydrogens is 271 g/mol. The second-order valence-electron chi connectivity index (χ2n) is 4.97. The molecule has 0 spiro atoms. The second-order valence-corrected chi connectivity index (χ2v) is 4.97. The Balaban J connectivity index is 2.91. The maximum atomic E-state index is 13.6. The van der Waals surface area contributed by atoms with Crippen molar-refractivity contribution in [2.75, 3.05) is 6.61 Å². The molecule has 0 aliphatic rings. The zero-order valence-corrected chi connectivity index (χ0v) is 12.7. The molecule has 1 aromatic rings. The van der Waals surface area contributed by atoms with Crippen LogP contribution in [0.4, 0.5) is 4.39 Å². The number of esters is 1. The van der Waals surface area contributed by atoms with Crippen LogP contribution in [0.2, 0.25) is 0 Å². The van der Waals surface area contributed by atoms with Crippen LogP contribution in [0.3, 0.4) is 0 Å². The number of aromatic nitrogens is 2. The molecule has 0 aromatic carbocycles. The van der Waals surface area contributed by atoms with Gasteiger partial charge in [-0.15, -0.1) is 0 Å². The molecule has 5 heteroatoms. The molecule has 0 fully saturated rings. The monoisotopic (exact) mass is 292 g/mol. The summed E-state index contributed by atoms with van der Waals surface area (Å²) in [5.41, 5.74) is 0.112. The van der Waals surface area contributed by atoms with Gasteiger partial charge in [-0.3, -0.25) is 0 Å². The third-order valence-electron chi connectivity index (χ3n) is 3.03.